The Morgan fingerprint density at radius 1 is 1.37 bits per heavy atom. The van der Waals surface area contributed by atoms with Gasteiger partial charge < -0.3 is 16.0 Å². The first kappa shape index (κ1) is 13.5. The predicted molar refractivity (Wildman–Crippen MR) is 80.0 cm³/mol. The molecule has 0 saturated carbocycles. The second kappa shape index (κ2) is 6.33. The van der Waals surface area contributed by atoms with E-state index in [0.717, 1.165) is 30.3 Å². The topological polar surface area (TPSA) is 80.0 Å². The predicted octanol–water partition coefficient (Wildman–Crippen LogP) is 2.50. The van der Waals surface area contributed by atoms with Crippen LogP contribution in [0.4, 0.5) is 22.5 Å². The van der Waals surface area contributed by atoms with Crippen molar-refractivity contribution in [2.75, 3.05) is 29.5 Å². The van der Waals surface area contributed by atoms with Gasteiger partial charge in [-0.15, -0.1) is 11.3 Å². The molecular formula is C12H18N6S. The van der Waals surface area contributed by atoms with Crippen molar-refractivity contribution in [3.63, 3.8) is 0 Å². The molecule has 0 aliphatic carbocycles. The molecule has 0 spiro atoms. The molecule has 0 aromatic carbocycles. The van der Waals surface area contributed by atoms with E-state index in [9.17, 15) is 0 Å². The normalized spacial score (nSPS) is 10.4. The lowest BCUT2D eigenvalue weighted by Crippen LogP contribution is -2.21. The molecule has 0 unspecified atom stereocenters. The van der Waals surface area contributed by atoms with Crippen LogP contribution in [0.2, 0.25) is 0 Å². The van der Waals surface area contributed by atoms with Gasteiger partial charge in [-0.1, -0.05) is 13.3 Å². The zero-order valence-electron chi connectivity index (χ0n) is 11.1. The van der Waals surface area contributed by atoms with E-state index >= 15 is 0 Å². The van der Waals surface area contributed by atoms with E-state index in [1.165, 1.54) is 17.7 Å². The van der Waals surface area contributed by atoms with Crippen molar-refractivity contribution in [2.45, 2.75) is 19.8 Å². The first-order valence-corrected chi connectivity index (χ1v) is 7.08. The zero-order chi connectivity index (χ0) is 13.7. The molecule has 0 atom stereocenters. The lowest BCUT2D eigenvalue weighted by Gasteiger charge is -2.20. The lowest BCUT2D eigenvalue weighted by molar-refractivity contribution is 0.759. The summed E-state index contributed by atoms with van der Waals surface area (Å²) in [6, 6.07) is 0. The van der Waals surface area contributed by atoms with Crippen LogP contribution in [0.1, 0.15) is 19.8 Å². The maximum Gasteiger partial charge on any atom is 0.188 e. The number of anilines is 4. The SMILES string of the molecule is CCCCN(C)c1ncnc(Nc2nccs2)c1N. The van der Waals surface area contributed by atoms with Crippen LogP contribution in [0.25, 0.3) is 0 Å². The third-order valence-electron chi connectivity index (χ3n) is 2.73. The molecule has 19 heavy (non-hydrogen) atoms. The number of nitrogens with zero attached hydrogens (tertiary/aromatic N) is 4. The summed E-state index contributed by atoms with van der Waals surface area (Å²) in [7, 11) is 1.99. The van der Waals surface area contributed by atoms with Crippen LogP contribution in [0.15, 0.2) is 17.9 Å². The van der Waals surface area contributed by atoms with Crippen molar-refractivity contribution in [3.8, 4) is 0 Å². The van der Waals surface area contributed by atoms with Gasteiger partial charge >= 0.3 is 0 Å². The summed E-state index contributed by atoms with van der Waals surface area (Å²) in [6.45, 7) is 3.08. The largest absolute Gasteiger partial charge is 0.393 e. The molecule has 0 aliphatic rings. The fourth-order valence-corrected chi connectivity index (χ4v) is 2.21. The van der Waals surface area contributed by atoms with E-state index in [-0.39, 0.29) is 0 Å². The number of thiazole rings is 1. The number of hydrogen-bond donors (Lipinski definition) is 2. The molecule has 0 fully saturated rings. The fourth-order valence-electron chi connectivity index (χ4n) is 1.68. The van der Waals surface area contributed by atoms with Crippen molar-refractivity contribution in [2.24, 2.45) is 0 Å². The Kier molecular flexibility index (Phi) is 4.51. The van der Waals surface area contributed by atoms with Gasteiger partial charge in [-0.25, -0.2) is 15.0 Å². The number of aromatic nitrogens is 3. The van der Waals surface area contributed by atoms with Crippen LogP contribution >= 0.6 is 11.3 Å². The molecule has 2 aromatic heterocycles. The van der Waals surface area contributed by atoms with Gasteiger partial charge in [0, 0.05) is 25.2 Å². The molecule has 2 heterocycles. The molecule has 3 N–H and O–H groups in total. The summed E-state index contributed by atoms with van der Waals surface area (Å²) in [4.78, 5) is 14.6. The Morgan fingerprint density at radius 2 is 2.21 bits per heavy atom. The summed E-state index contributed by atoms with van der Waals surface area (Å²) in [5, 5.41) is 5.78. The number of nitrogens with one attached hydrogen (secondary N) is 1. The van der Waals surface area contributed by atoms with E-state index in [1.54, 1.807) is 6.20 Å². The first-order chi connectivity index (χ1) is 9.22. The zero-order valence-corrected chi connectivity index (χ0v) is 11.9. The van der Waals surface area contributed by atoms with Gasteiger partial charge in [-0.3, -0.25) is 0 Å². The van der Waals surface area contributed by atoms with Gasteiger partial charge in [0.25, 0.3) is 0 Å². The van der Waals surface area contributed by atoms with Crippen molar-refractivity contribution in [1.29, 1.82) is 0 Å². The van der Waals surface area contributed by atoms with Gasteiger partial charge in [0.2, 0.25) is 0 Å². The quantitative estimate of drug-likeness (QED) is 0.845. The Balaban J connectivity index is 2.17. The van der Waals surface area contributed by atoms with E-state index in [4.69, 9.17) is 5.73 Å². The van der Waals surface area contributed by atoms with Crippen molar-refractivity contribution >= 4 is 33.8 Å². The molecule has 6 nitrogen and oxygen atoms in total. The monoisotopic (exact) mass is 278 g/mol. The Hall–Kier alpha value is -1.89. The molecular weight excluding hydrogens is 260 g/mol. The smallest absolute Gasteiger partial charge is 0.188 e. The number of hydrogen-bond acceptors (Lipinski definition) is 7. The average molecular weight is 278 g/mol. The van der Waals surface area contributed by atoms with Crippen LogP contribution in [0.5, 0.6) is 0 Å². The highest BCUT2D eigenvalue weighted by Gasteiger charge is 2.12. The molecule has 0 amide bonds. The fraction of sp³-hybridized carbons (Fsp3) is 0.417. The summed E-state index contributed by atoms with van der Waals surface area (Å²) in [5.41, 5.74) is 6.67. The minimum Gasteiger partial charge on any atom is -0.393 e. The van der Waals surface area contributed by atoms with E-state index in [2.05, 4.69) is 27.2 Å². The third kappa shape index (κ3) is 3.31. The standard InChI is InChI=1S/C12H18N6S/c1-3-4-6-18(2)11-9(13)10(15-8-16-11)17-12-14-5-7-19-12/h5,7-8H,3-4,6,13H2,1-2H3,(H,14,15,16,17). The van der Waals surface area contributed by atoms with Gasteiger partial charge in [0.05, 0.1) is 0 Å². The van der Waals surface area contributed by atoms with Gasteiger partial charge in [-0.2, -0.15) is 0 Å². The maximum atomic E-state index is 6.12. The van der Waals surface area contributed by atoms with Gasteiger partial charge in [0.15, 0.2) is 16.8 Å². The summed E-state index contributed by atoms with van der Waals surface area (Å²) in [5.74, 6) is 1.35. The third-order valence-corrected chi connectivity index (χ3v) is 3.42. The van der Waals surface area contributed by atoms with Crippen LogP contribution in [0, 0.1) is 0 Å². The maximum absolute atomic E-state index is 6.12. The van der Waals surface area contributed by atoms with Crippen molar-refractivity contribution in [1.82, 2.24) is 15.0 Å². The number of unbranched alkanes of at least 4 members (excludes halogenated alkanes) is 1. The summed E-state index contributed by atoms with van der Waals surface area (Å²) >= 11 is 1.50. The van der Waals surface area contributed by atoms with Gasteiger partial charge in [-0.05, 0) is 6.42 Å². The van der Waals surface area contributed by atoms with Crippen LogP contribution in [-0.4, -0.2) is 28.5 Å². The number of rotatable bonds is 6. The Bertz CT molecular complexity index is 513. The Morgan fingerprint density at radius 3 is 2.89 bits per heavy atom. The number of nitrogen functional groups attached to an aromatic ring is 1. The van der Waals surface area contributed by atoms with Gasteiger partial charge in [0.1, 0.15) is 12.0 Å². The molecule has 0 saturated heterocycles. The second-order valence-electron chi connectivity index (χ2n) is 4.20. The Labute approximate surface area is 116 Å². The van der Waals surface area contributed by atoms with Crippen molar-refractivity contribution < 1.29 is 0 Å². The van der Waals surface area contributed by atoms with E-state index in [0.29, 0.717) is 11.5 Å². The van der Waals surface area contributed by atoms with Crippen molar-refractivity contribution in [3.05, 3.63) is 17.9 Å². The second-order valence-corrected chi connectivity index (χ2v) is 5.09. The van der Waals surface area contributed by atoms with Crippen LogP contribution in [-0.2, 0) is 0 Å². The van der Waals surface area contributed by atoms with E-state index in [1.807, 2.05) is 17.3 Å². The molecule has 7 heteroatoms. The highest BCUT2D eigenvalue weighted by Crippen LogP contribution is 2.28. The summed E-state index contributed by atoms with van der Waals surface area (Å²) in [6.07, 6.45) is 5.50. The molecule has 102 valence electrons. The molecule has 2 aromatic rings. The molecule has 0 radical (unpaired) electrons. The molecule has 0 aliphatic heterocycles. The van der Waals surface area contributed by atoms with Crippen LogP contribution in [0.3, 0.4) is 0 Å². The first-order valence-electron chi connectivity index (χ1n) is 6.20. The van der Waals surface area contributed by atoms with E-state index < -0.39 is 0 Å². The molecule has 2 rings (SSSR count). The number of nitrogens with two attached hydrogens (primary N) is 1. The highest BCUT2D eigenvalue weighted by atomic mass is 32.1. The lowest BCUT2D eigenvalue weighted by atomic mass is 10.3. The highest BCUT2D eigenvalue weighted by molar-refractivity contribution is 7.13. The minimum absolute atomic E-state index is 0.552. The summed E-state index contributed by atoms with van der Waals surface area (Å²) < 4.78 is 0. The van der Waals surface area contributed by atoms with Crippen LogP contribution < -0.4 is 16.0 Å². The average Bonchev–Trinajstić information content (AvgIpc) is 2.91. The molecule has 0 bridgehead atoms. The minimum atomic E-state index is 0.552.